The minimum atomic E-state index is -0.0839. The van der Waals surface area contributed by atoms with Crippen molar-refractivity contribution in [3.63, 3.8) is 0 Å². The van der Waals surface area contributed by atoms with Gasteiger partial charge in [0, 0.05) is 26.7 Å². The minimum Gasteiger partial charge on any atom is -0.465 e. The molecular weight excluding hydrogens is 222 g/mol. The monoisotopic (exact) mass is 245 g/mol. The lowest BCUT2D eigenvalue weighted by atomic mass is 9.99. The third-order valence-electron chi connectivity index (χ3n) is 2.93. The fraction of sp³-hybridized carbons (Fsp3) is 0.917. The van der Waals surface area contributed by atoms with E-state index in [9.17, 15) is 4.79 Å². The van der Waals surface area contributed by atoms with Crippen molar-refractivity contribution < 1.29 is 19.0 Å². The molecule has 1 saturated heterocycles. The third-order valence-corrected chi connectivity index (χ3v) is 2.93. The Kier molecular flexibility index (Phi) is 7.16. The maximum Gasteiger partial charge on any atom is 0.310 e. The zero-order valence-corrected chi connectivity index (χ0v) is 10.7. The quantitative estimate of drug-likeness (QED) is 0.497. The summed E-state index contributed by atoms with van der Waals surface area (Å²) in [5, 5.41) is 3.19. The molecule has 0 spiro atoms. The first-order chi connectivity index (χ1) is 8.25. The molecular formula is C12H23NO4. The molecule has 0 bridgehead atoms. The van der Waals surface area contributed by atoms with Gasteiger partial charge in [0.15, 0.2) is 0 Å². The van der Waals surface area contributed by atoms with Crippen LogP contribution in [-0.2, 0) is 19.0 Å². The summed E-state index contributed by atoms with van der Waals surface area (Å²) >= 11 is 0. The van der Waals surface area contributed by atoms with Gasteiger partial charge < -0.3 is 19.5 Å². The van der Waals surface area contributed by atoms with E-state index in [2.05, 4.69) is 12.2 Å². The molecule has 1 aliphatic heterocycles. The van der Waals surface area contributed by atoms with E-state index in [4.69, 9.17) is 14.2 Å². The van der Waals surface area contributed by atoms with Gasteiger partial charge >= 0.3 is 5.97 Å². The van der Waals surface area contributed by atoms with Crippen LogP contribution in [0.4, 0.5) is 0 Å². The molecule has 100 valence electrons. The van der Waals surface area contributed by atoms with Crippen molar-refractivity contribution in [3.8, 4) is 0 Å². The maximum atomic E-state index is 11.7. The summed E-state index contributed by atoms with van der Waals surface area (Å²) in [6, 6.07) is 0. The van der Waals surface area contributed by atoms with E-state index in [1.165, 1.54) is 0 Å². The van der Waals surface area contributed by atoms with Crippen LogP contribution in [0.2, 0.25) is 0 Å². The van der Waals surface area contributed by atoms with Crippen molar-refractivity contribution in [1.29, 1.82) is 0 Å². The molecule has 5 heteroatoms. The molecule has 5 nitrogen and oxygen atoms in total. The smallest absolute Gasteiger partial charge is 0.310 e. The summed E-state index contributed by atoms with van der Waals surface area (Å²) in [5.41, 5.74) is 0. The van der Waals surface area contributed by atoms with Gasteiger partial charge in [0.25, 0.3) is 0 Å². The first-order valence-electron chi connectivity index (χ1n) is 6.19. The van der Waals surface area contributed by atoms with E-state index in [0.717, 1.165) is 19.5 Å². The highest BCUT2D eigenvalue weighted by Crippen LogP contribution is 2.17. The second-order valence-electron chi connectivity index (χ2n) is 4.37. The third kappa shape index (κ3) is 5.48. The number of ether oxygens (including phenoxy) is 3. The predicted octanol–water partition coefficient (Wildman–Crippen LogP) is 0.438. The van der Waals surface area contributed by atoms with Crippen LogP contribution in [0, 0.1) is 11.8 Å². The van der Waals surface area contributed by atoms with E-state index < -0.39 is 0 Å². The summed E-state index contributed by atoms with van der Waals surface area (Å²) < 4.78 is 15.3. The molecule has 1 rings (SSSR count). The first kappa shape index (κ1) is 14.4. The van der Waals surface area contributed by atoms with Gasteiger partial charge in [0.1, 0.15) is 0 Å². The highest BCUT2D eigenvalue weighted by molar-refractivity contribution is 5.73. The van der Waals surface area contributed by atoms with Crippen LogP contribution in [0.3, 0.4) is 0 Å². The van der Waals surface area contributed by atoms with Crippen molar-refractivity contribution in [1.82, 2.24) is 5.32 Å². The molecule has 2 atom stereocenters. The summed E-state index contributed by atoms with van der Waals surface area (Å²) in [7, 11) is 1.64. The van der Waals surface area contributed by atoms with Crippen molar-refractivity contribution >= 4 is 5.97 Å². The van der Waals surface area contributed by atoms with Crippen LogP contribution in [0.1, 0.15) is 13.3 Å². The molecule has 0 amide bonds. The second kappa shape index (κ2) is 8.44. The predicted molar refractivity (Wildman–Crippen MR) is 63.8 cm³/mol. The molecule has 0 aromatic heterocycles. The van der Waals surface area contributed by atoms with E-state index in [-0.39, 0.29) is 11.9 Å². The largest absolute Gasteiger partial charge is 0.465 e. The molecule has 0 aromatic carbocycles. The van der Waals surface area contributed by atoms with Crippen molar-refractivity contribution in [2.45, 2.75) is 13.3 Å². The molecule has 1 aliphatic rings. The Balaban J connectivity index is 1.97. The summed E-state index contributed by atoms with van der Waals surface area (Å²) in [4.78, 5) is 11.7. The topological polar surface area (TPSA) is 56.8 Å². The second-order valence-corrected chi connectivity index (χ2v) is 4.37. The summed E-state index contributed by atoms with van der Waals surface area (Å²) in [6.07, 6.45) is 0.740. The van der Waals surface area contributed by atoms with Gasteiger partial charge in [0.2, 0.25) is 0 Å². The fourth-order valence-electron chi connectivity index (χ4n) is 1.81. The number of esters is 1. The lowest BCUT2D eigenvalue weighted by Gasteiger charge is -2.13. The van der Waals surface area contributed by atoms with Crippen LogP contribution in [0.25, 0.3) is 0 Å². The first-order valence-corrected chi connectivity index (χ1v) is 6.19. The molecule has 0 aliphatic carbocycles. The number of hydrogen-bond donors (Lipinski definition) is 1. The van der Waals surface area contributed by atoms with Gasteiger partial charge in [0.05, 0.1) is 25.7 Å². The van der Waals surface area contributed by atoms with Crippen molar-refractivity contribution in [2.24, 2.45) is 11.8 Å². The number of rotatable bonds is 8. The molecule has 0 radical (unpaired) electrons. The Morgan fingerprint density at radius 3 is 2.71 bits per heavy atom. The number of carbonyl (C=O) groups excluding carboxylic acids is 1. The van der Waals surface area contributed by atoms with Crippen LogP contribution >= 0.6 is 0 Å². The highest BCUT2D eigenvalue weighted by Gasteiger charge is 2.30. The van der Waals surface area contributed by atoms with Gasteiger partial charge in [-0.15, -0.1) is 0 Å². The molecule has 2 unspecified atom stereocenters. The average molecular weight is 245 g/mol. The van der Waals surface area contributed by atoms with E-state index in [1.54, 1.807) is 7.11 Å². The molecule has 1 fully saturated rings. The maximum absolute atomic E-state index is 11.7. The standard InChI is InChI=1S/C12H23NO4/c1-10-8-13-9-11(10)12(14)17-5-3-4-16-7-6-15-2/h10-11,13H,3-9H2,1-2H3. The zero-order chi connectivity index (χ0) is 12.5. The van der Waals surface area contributed by atoms with Crippen LogP contribution in [0.5, 0.6) is 0 Å². The van der Waals surface area contributed by atoms with Crippen LogP contribution in [0.15, 0.2) is 0 Å². The van der Waals surface area contributed by atoms with Crippen LogP contribution in [-0.4, -0.2) is 52.6 Å². The summed E-state index contributed by atoms with van der Waals surface area (Å²) in [6.45, 7) is 5.95. The van der Waals surface area contributed by atoms with Gasteiger partial charge in [-0.3, -0.25) is 4.79 Å². The molecule has 0 aromatic rings. The Hall–Kier alpha value is -0.650. The molecule has 1 heterocycles. The molecule has 0 saturated carbocycles. The van der Waals surface area contributed by atoms with Crippen LogP contribution < -0.4 is 5.32 Å². The SMILES string of the molecule is COCCOCCCOC(=O)C1CNCC1C. The lowest BCUT2D eigenvalue weighted by molar-refractivity contribution is -0.149. The zero-order valence-electron chi connectivity index (χ0n) is 10.7. The normalized spacial score (nSPS) is 23.9. The lowest BCUT2D eigenvalue weighted by Crippen LogP contribution is -2.24. The van der Waals surface area contributed by atoms with Gasteiger partial charge in [-0.1, -0.05) is 6.92 Å². The van der Waals surface area contributed by atoms with E-state index in [0.29, 0.717) is 32.3 Å². The average Bonchev–Trinajstić information content (AvgIpc) is 2.74. The number of methoxy groups -OCH3 is 1. The van der Waals surface area contributed by atoms with Gasteiger partial charge in [-0.05, 0) is 12.5 Å². The van der Waals surface area contributed by atoms with Gasteiger partial charge in [-0.2, -0.15) is 0 Å². The van der Waals surface area contributed by atoms with Crippen molar-refractivity contribution in [2.75, 3.05) is 46.6 Å². The van der Waals surface area contributed by atoms with E-state index in [1.807, 2.05) is 0 Å². The Bertz CT molecular complexity index is 223. The number of nitrogens with one attached hydrogen (secondary N) is 1. The number of carbonyl (C=O) groups is 1. The van der Waals surface area contributed by atoms with E-state index >= 15 is 0 Å². The summed E-state index contributed by atoms with van der Waals surface area (Å²) in [5.74, 6) is 0.309. The molecule has 1 N–H and O–H groups in total. The highest BCUT2D eigenvalue weighted by atomic mass is 16.5. The Morgan fingerprint density at radius 2 is 2.06 bits per heavy atom. The molecule has 17 heavy (non-hydrogen) atoms. The number of hydrogen-bond acceptors (Lipinski definition) is 5. The Morgan fingerprint density at radius 1 is 1.24 bits per heavy atom. The minimum absolute atomic E-state index is 0.0180. The van der Waals surface area contributed by atoms with Crippen molar-refractivity contribution in [3.05, 3.63) is 0 Å². The van der Waals surface area contributed by atoms with Gasteiger partial charge in [-0.25, -0.2) is 0 Å². The fourth-order valence-corrected chi connectivity index (χ4v) is 1.81. The Labute approximate surface area is 103 Å².